The summed E-state index contributed by atoms with van der Waals surface area (Å²) in [5.74, 6) is -6.32. The number of sulfonamides is 1. The number of ether oxygens (including phenoxy) is 1. The number of rotatable bonds is 5. The van der Waals surface area contributed by atoms with E-state index in [4.69, 9.17) is 9.15 Å². The summed E-state index contributed by atoms with van der Waals surface area (Å²) < 4.78 is 89.9. The summed E-state index contributed by atoms with van der Waals surface area (Å²) in [6, 6.07) is 2.39. The van der Waals surface area contributed by atoms with Crippen molar-refractivity contribution in [3.8, 4) is 11.5 Å². The Bertz CT molecular complexity index is 1130. The number of nitrogens with one attached hydrogen (secondary N) is 1. The Balaban J connectivity index is 1.62. The molecule has 9 nitrogen and oxygen atoms in total. The first-order valence-electron chi connectivity index (χ1n) is 9.51. The molecule has 2 aliphatic rings. The van der Waals surface area contributed by atoms with E-state index in [2.05, 4.69) is 15.5 Å². The molecule has 0 radical (unpaired) electrons. The van der Waals surface area contributed by atoms with Gasteiger partial charge in [0.15, 0.2) is 0 Å². The molecule has 1 fully saturated rings. The molecule has 3 heterocycles. The molecule has 32 heavy (non-hydrogen) atoms. The van der Waals surface area contributed by atoms with E-state index in [9.17, 15) is 30.8 Å². The van der Waals surface area contributed by atoms with Gasteiger partial charge in [0, 0.05) is 25.6 Å². The molecule has 0 saturated carbocycles. The summed E-state index contributed by atoms with van der Waals surface area (Å²) in [7, 11) is -4.09. The Morgan fingerprint density at radius 3 is 2.72 bits per heavy atom. The van der Waals surface area contributed by atoms with E-state index in [0.29, 0.717) is 12.5 Å². The van der Waals surface area contributed by atoms with Gasteiger partial charge in [-0.25, -0.2) is 8.42 Å². The van der Waals surface area contributed by atoms with Crippen LogP contribution >= 0.6 is 0 Å². The number of benzene rings is 1. The molecule has 14 heteroatoms. The van der Waals surface area contributed by atoms with E-state index in [1.807, 2.05) is 0 Å². The van der Waals surface area contributed by atoms with Gasteiger partial charge in [0.25, 0.3) is 11.8 Å². The number of hydrogen-bond acceptors (Lipinski definition) is 7. The van der Waals surface area contributed by atoms with Crippen molar-refractivity contribution >= 4 is 15.9 Å². The number of alkyl halides is 4. The number of fused-ring (bicyclic) bond motifs is 1. The van der Waals surface area contributed by atoms with Gasteiger partial charge in [0.1, 0.15) is 0 Å². The zero-order chi connectivity index (χ0) is 23.3. The second kappa shape index (κ2) is 8.08. The van der Waals surface area contributed by atoms with Crippen molar-refractivity contribution < 1.29 is 39.9 Å². The standard InChI is InChI=1S/C18H18F4N4O5S/c1-18(21,22)17(27)23-11-8-30-5-4-12(11)26-7-10-3-2-9(6-13(10)32(26,28)29)15-24-25-16(31-15)14(19)20/h2-3,6,11-12,14H,4-5,7-8H2,1H3,(H,23,27)/t11-,12-/m1/s1. The van der Waals surface area contributed by atoms with Gasteiger partial charge in [0.05, 0.1) is 23.6 Å². The predicted molar refractivity (Wildman–Crippen MR) is 99.2 cm³/mol. The zero-order valence-electron chi connectivity index (χ0n) is 16.6. The van der Waals surface area contributed by atoms with Gasteiger partial charge in [-0.15, -0.1) is 10.2 Å². The smallest absolute Gasteiger partial charge is 0.321 e. The second-order valence-electron chi connectivity index (χ2n) is 7.52. The van der Waals surface area contributed by atoms with E-state index in [1.165, 1.54) is 18.2 Å². The Morgan fingerprint density at radius 1 is 1.31 bits per heavy atom. The molecule has 0 unspecified atom stereocenters. The Labute approximate surface area is 179 Å². The first-order chi connectivity index (χ1) is 15.0. The third kappa shape index (κ3) is 4.09. The number of hydrogen-bond donors (Lipinski definition) is 1. The van der Waals surface area contributed by atoms with Gasteiger partial charge in [-0.3, -0.25) is 4.79 Å². The molecule has 2 aromatic rings. The Kier molecular flexibility index (Phi) is 5.71. The normalized spacial score (nSPS) is 23.3. The number of halogens is 4. The van der Waals surface area contributed by atoms with Crippen LogP contribution in [0.2, 0.25) is 0 Å². The summed E-state index contributed by atoms with van der Waals surface area (Å²) >= 11 is 0. The molecule has 1 N–H and O–H groups in total. The van der Waals surface area contributed by atoms with Gasteiger partial charge >= 0.3 is 12.3 Å². The minimum Gasteiger partial charge on any atom is -0.415 e. The summed E-state index contributed by atoms with van der Waals surface area (Å²) in [5, 5.41) is 8.92. The van der Waals surface area contributed by atoms with Crippen LogP contribution < -0.4 is 5.32 Å². The van der Waals surface area contributed by atoms with Crippen LogP contribution in [-0.2, 0) is 26.1 Å². The van der Waals surface area contributed by atoms with Gasteiger partial charge in [-0.2, -0.15) is 21.9 Å². The Morgan fingerprint density at radius 2 is 2.06 bits per heavy atom. The SMILES string of the molecule is CC(F)(F)C(=O)N[C@@H]1COCC[C@H]1N1Cc2ccc(-c3nnc(C(F)F)o3)cc2S1(=O)=O. The minimum atomic E-state index is -4.09. The summed E-state index contributed by atoms with van der Waals surface area (Å²) in [4.78, 5) is 11.7. The van der Waals surface area contributed by atoms with Crippen LogP contribution in [0.5, 0.6) is 0 Å². The van der Waals surface area contributed by atoms with Crippen molar-refractivity contribution in [3.05, 3.63) is 29.7 Å². The zero-order valence-corrected chi connectivity index (χ0v) is 17.4. The fourth-order valence-electron chi connectivity index (χ4n) is 3.68. The molecule has 0 spiro atoms. The molecular weight excluding hydrogens is 460 g/mol. The highest BCUT2D eigenvalue weighted by molar-refractivity contribution is 7.89. The third-order valence-electron chi connectivity index (χ3n) is 5.26. The van der Waals surface area contributed by atoms with Gasteiger partial charge in [-0.05, 0) is 24.1 Å². The molecule has 2 atom stereocenters. The topological polar surface area (TPSA) is 115 Å². The van der Waals surface area contributed by atoms with Crippen LogP contribution in [0, 0.1) is 0 Å². The van der Waals surface area contributed by atoms with Crippen molar-refractivity contribution in [2.45, 2.75) is 49.2 Å². The highest BCUT2D eigenvalue weighted by Gasteiger charge is 2.45. The van der Waals surface area contributed by atoms with Crippen LogP contribution in [-0.4, -0.2) is 60.0 Å². The molecule has 1 aromatic heterocycles. The van der Waals surface area contributed by atoms with E-state index >= 15 is 0 Å². The van der Waals surface area contributed by atoms with Gasteiger partial charge in [-0.1, -0.05) is 6.07 Å². The average molecular weight is 478 g/mol. The number of aromatic nitrogens is 2. The predicted octanol–water partition coefficient (Wildman–Crippen LogP) is 2.11. The van der Waals surface area contributed by atoms with E-state index in [1.54, 1.807) is 0 Å². The molecule has 1 amide bonds. The highest BCUT2D eigenvalue weighted by Crippen LogP contribution is 2.37. The van der Waals surface area contributed by atoms with Crippen LogP contribution in [0.1, 0.15) is 31.2 Å². The number of carbonyl (C=O) groups excluding carboxylic acids is 1. The average Bonchev–Trinajstić information content (AvgIpc) is 3.31. The van der Waals surface area contributed by atoms with E-state index in [0.717, 1.165) is 4.31 Å². The van der Waals surface area contributed by atoms with Crippen molar-refractivity contribution in [2.24, 2.45) is 0 Å². The summed E-state index contributed by atoms with van der Waals surface area (Å²) in [5.41, 5.74) is 0.552. The summed E-state index contributed by atoms with van der Waals surface area (Å²) in [6.45, 7) is 0.454. The van der Waals surface area contributed by atoms with Crippen molar-refractivity contribution in [3.63, 3.8) is 0 Å². The maximum absolute atomic E-state index is 13.3. The lowest BCUT2D eigenvalue weighted by atomic mass is 10.0. The maximum Gasteiger partial charge on any atom is 0.321 e. The lowest BCUT2D eigenvalue weighted by Crippen LogP contribution is -2.58. The molecular formula is C18H18F4N4O5S. The molecule has 1 aromatic carbocycles. The molecule has 0 bridgehead atoms. The number of amides is 1. The van der Waals surface area contributed by atoms with E-state index < -0.39 is 46.3 Å². The summed E-state index contributed by atoms with van der Waals surface area (Å²) in [6.07, 6.45) is -2.79. The monoisotopic (exact) mass is 478 g/mol. The second-order valence-corrected chi connectivity index (χ2v) is 9.38. The third-order valence-corrected chi connectivity index (χ3v) is 7.21. The van der Waals surface area contributed by atoms with Crippen LogP contribution in [0.3, 0.4) is 0 Å². The fourth-order valence-corrected chi connectivity index (χ4v) is 5.59. The van der Waals surface area contributed by atoms with E-state index in [-0.39, 0.29) is 42.5 Å². The molecule has 174 valence electrons. The quantitative estimate of drug-likeness (QED) is 0.655. The Hall–Kier alpha value is -2.58. The lowest BCUT2D eigenvalue weighted by molar-refractivity contribution is -0.145. The van der Waals surface area contributed by atoms with Crippen molar-refractivity contribution in [2.75, 3.05) is 13.2 Å². The minimum absolute atomic E-state index is 0.0520. The molecule has 4 rings (SSSR count). The maximum atomic E-state index is 13.3. The van der Waals surface area contributed by atoms with Crippen LogP contribution in [0.25, 0.3) is 11.5 Å². The fraction of sp³-hybridized carbons (Fsp3) is 0.500. The first-order valence-corrected chi connectivity index (χ1v) is 11.0. The van der Waals surface area contributed by atoms with Crippen molar-refractivity contribution in [1.29, 1.82) is 0 Å². The van der Waals surface area contributed by atoms with Crippen LogP contribution in [0.4, 0.5) is 17.6 Å². The number of nitrogens with zero attached hydrogens (tertiary/aromatic N) is 3. The van der Waals surface area contributed by atoms with Gasteiger partial charge in [0.2, 0.25) is 15.9 Å². The molecule has 0 aliphatic carbocycles. The largest absolute Gasteiger partial charge is 0.415 e. The molecule has 1 saturated heterocycles. The van der Waals surface area contributed by atoms with Gasteiger partial charge < -0.3 is 14.5 Å². The molecule has 2 aliphatic heterocycles. The highest BCUT2D eigenvalue weighted by atomic mass is 32.2. The number of carbonyl (C=O) groups is 1. The lowest BCUT2D eigenvalue weighted by Gasteiger charge is -2.37. The van der Waals surface area contributed by atoms with Crippen molar-refractivity contribution in [1.82, 2.24) is 19.8 Å². The first kappa shape index (κ1) is 22.6. The van der Waals surface area contributed by atoms with Crippen LogP contribution in [0.15, 0.2) is 27.5 Å².